The van der Waals surface area contributed by atoms with Gasteiger partial charge in [-0.25, -0.2) is 5.43 Å². The fourth-order valence-corrected chi connectivity index (χ4v) is 2.51. The first-order chi connectivity index (χ1) is 11.5. The number of rotatable bonds is 3. The Hall–Kier alpha value is -2.82. The third-order valence-corrected chi connectivity index (χ3v) is 4.06. The van der Waals surface area contributed by atoms with Gasteiger partial charge in [-0.15, -0.1) is 0 Å². The van der Waals surface area contributed by atoms with Crippen molar-refractivity contribution in [3.63, 3.8) is 0 Å². The fraction of sp³-hybridized carbons (Fsp3) is 0.263. The maximum absolute atomic E-state index is 12.2. The highest BCUT2D eigenvalue weighted by Crippen LogP contribution is 2.30. The Morgan fingerprint density at radius 2 is 1.83 bits per heavy atom. The number of amides is 1. The highest BCUT2D eigenvalue weighted by atomic mass is 16.6. The van der Waals surface area contributed by atoms with Gasteiger partial charge in [0, 0.05) is 0 Å². The van der Waals surface area contributed by atoms with Gasteiger partial charge in [-0.05, 0) is 61.2 Å². The van der Waals surface area contributed by atoms with Crippen LogP contribution < -0.4 is 14.9 Å². The molecule has 0 radical (unpaired) electrons. The molecule has 1 N–H and O–H groups in total. The van der Waals surface area contributed by atoms with Gasteiger partial charge in [0.2, 0.25) is 6.10 Å². The minimum absolute atomic E-state index is 0.168. The number of hydrogen-bond acceptors (Lipinski definition) is 4. The third kappa shape index (κ3) is 3.40. The minimum atomic E-state index is -0.710. The predicted molar refractivity (Wildman–Crippen MR) is 92.7 cm³/mol. The first kappa shape index (κ1) is 16.1. The highest BCUT2D eigenvalue weighted by molar-refractivity contribution is 5.86. The van der Waals surface area contributed by atoms with Gasteiger partial charge in [-0.3, -0.25) is 4.79 Å². The molecule has 5 heteroatoms. The van der Waals surface area contributed by atoms with E-state index >= 15 is 0 Å². The van der Waals surface area contributed by atoms with E-state index in [1.165, 1.54) is 11.1 Å². The molecule has 0 spiro atoms. The molecule has 124 valence electrons. The lowest BCUT2D eigenvalue weighted by Crippen LogP contribution is -2.42. The molecule has 2 aromatic rings. The number of carbonyl (C=O) groups is 1. The second-order valence-electron chi connectivity index (χ2n) is 5.89. The van der Waals surface area contributed by atoms with Gasteiger partial charge in [0.15, 0.2) is 11.5 Å². The van der Waals surface area contributed by atoms with Crippen molar-refractivity contribution in [1.29, 1.82) is 0 Å². The number of fused-ring (bicyclic) bond motifs is 1. The van der Waals surface area contributed by atoms with E-state index in [1.54, 1.807) is 12.3 Å². The quantitative estimate of drug-likeness (QED) is 0.697. The van der Waals surface area contributed by atoms with Gasteiger partial charge in [-0.1, -0.05) is 18.2 Å². The molecule has 5 nitrogen and oxygen atoms in total. The molecule has 1 atom stereocenters. The summed E-state index contributed by atoms with van der Waals surface area (Å²) in [5, 5.41) is 4.04. The normalized spacial score (nSPS) is 16.2. The Bertz CT molecular complexity index is 799. The van der Waals surface area contributed by atoms with Crippen LogP contribution in [0.1, 0.15) is 22.3 Å². The van der Waals surface area contributed by atoms with E-state index in [9.17, 15) is 4.79 Å². The van der Waals surface area contributed by atoms with E-state index in [0.29, 0.717) is 11.5 Å². The number of aryl methyl sites for hydroxylation is 3. The van der Waals surface area contributed by atoms with E-state index in [1.807, 2.05) is 25.1 Å². The van der Waals surface area contributed by atoms with E-state index in [2.05, 4.69) is 36.5 Å². The Balaban J connectivity index is 1.63. The number of para-hydroxylation sites is 2. The Morgan fingerprint density at radius 1 is 1.12 bits per heavy atom. The summed E-state index contributed by atoms with van der Waals surface area (Å²) in [7, 11) is 0. The van der Waals surface area contributed by atoms with Crippen LogP contribution in [-0.4, -0.2) is 24.8 Å². The van der Waals surface area contributed by atoms with E-state index in [0.717, 1.165) is 11.1 Å². The molecule has 1 amide bonds. The van der Waals surface area contributed by atoms with Crippen molar-refractivity contribution in [3.05, 3.63) is 58.7 Å². The Kier molecular flexibility index (Phi) is 4.51. The van der Waals surface area contributed by atoms with Crippen LogP contribution in [0.25, 0.3) is 0 Å². The molecule has 1 heterocycles. The van der Waals surface area contributed by atoms with Crippen molar-refractivity contribution in [3.8, 4) is 11.5 Å². The lowest BCUT2D eigenvalue weighted by molar-refractivity contribution is -0.130. The number of carbonyl (C=O) groups excluding carboxylic acids is 1. The van der Waals surface area contributed by atoms with E-state index in [4.69, 9.17) is 9.47 Å². The van der Waals surface area contributed by atoms with E-state index < -0.39 is 6.10 Å². The van der Waals surface area contributed by atoms with Gasteiger partial charge in [0.05, 0.1) is 6.21 Å². The SMILES string of the molecule is Cc1cc(C)c(/C=N\NC(=O)[C@H]2COc3ccccc3O2)cc1C. The van der Waals surface area contributed by atoms with E-state index in [-0.39, 0.29) is 12.5 Å². The molecule has 2 aromatic carbocycles. The van der Waals surface area contributed by atoms with Gasteiger partial charge < -0.3 is 9.47 Å². The molecule has 0 saturated heterocycles. The smallest absolute Gasteiger partial charge is 0.284 e. The largest absolute Gasteiger partial charge is 0.485 e. The summed E-state index contributed by atoms with van der Waals surface area (Å²) < 4.78 is 11.2. The van der Waals surface area contributed by atoms with Crippen molar-refractivity contribution in [1.82, 2.24) is 5.43 Å². The van der Waals surface area contributed by atoms with Crippen LogP contribution in [0.3, 0.4) is 0 Å². The Morgan fingerprint density at radius 3 is 2.62 bits per heavy atom. The summed E-state index contributed by atoms with van der Waals surface area (Å²) in [5.41, 5.74) is 7.03. The van der Waals surface area contributed by atoms with Crippen LogP contribution in [0.5, 0.6) is 11.5 Å². The average Bonchev–Trinajstić information content (AvgIpc) is 2.58. The summed E-state index contributed by atoms with van der Waals surface area (Å²) in [6.07, 6.45) is 0.940. The second kappa shape index (κ2) is 6.74. The number of hydrazone groups is 1. The van der Waals surface area contributed by atoms with Crippen molar-refractivity contribution < 1.29 is 14.3 Å². The number of hydrogen-bond donors (Lipinski definition) is 1. The lowest BCUT2D eigenvalue weighted by atomic mass is 10.0. The molecule has 0 unspecified atom stereocenters. The summed E-state index contributed by atoms with van der Waals surface area (Å²) in [6.45, 7) is 6.31. The van der Waals surface area contributed by atoms with Gasteiger partial charge >= 0.3 is 0 Å². The van der Waals surface area contributed by atoms with Crippen molar-refractivity contribution in [2.75, 3.05) is 6.61 Å². The molecular formula is C19H20N2O3. The molecule has 0 fully saturated rings. The number of nitrogens with one attached hydrogen (secondary N) is 1. The maximum atomic E-state index is 12.2. The summed E-state index contributed by atoms with van der Waals surface area (Å²) in [5.74, 6) is 0.885. The number of benzene rings is 2. The highest BCUT2D eigenvalue weighted by Gasteiger charge is 2.26. The monoisotopic (exact) mass is 324 g/mol. The van der Waals surface area contributed by atoms with Crippen molar-refractivity contribution >= 4 is 12.1 Å². The Labute approximate surface area is 141 Å². The number of nitrogens with zero attached hydrogens (tertiary/aromatic N) is 1. The van der Waals surface area contributed by atoms with Crippen molar-refractivity contribution in [2.45, 2.75) is 26.9 Å². The zero-order valence-corrected chi connectivity index (χ0v) is 14.0. The standard InChI is InChI=1S/C19H20N2O3/c1-12-8-14(3)15(9-13(12)2)10-20-21-19(22)18-11-23-16-6-4-5-7-17(16)24-18/h4-10,18H,11H2,1-3H3,(H,21,22)/b20-10-/t18-/m1/s1. The third-order valence-electron chi connectivity index (χ3n) is 4.06. The topological polar surface area (TPSA) is 59.9 Å². The predicted octanol–water partition coefficient (Wildman–Crippen LogP) is 2.90. The molecular weight excluding hydrogens is 304 g/mol. The number of ether oxygens (including phenoxy) is 2. The van der Waals surface area contributed by atoms with Crippen LogP contribution in [0.2, 0.25) is 0 Å². The van der Waals surface area contributed by atoms with Gasteiger partial charge in [0.1, 0.15) is 6.61 Å². The van der Waals surface area contributed by atoms with Crippen LogP contribution in [-0.2, 0) is 4.79 Å². The zero-order valence-electron chi connectivity index (χ0n) is 14.0. The molecule has 3 rings (SSSR count). The first-order valence-corrected chi connectivity index (χ1v) is 7.84. The molecule has 0 saturated carbocycles. The molecule has 0 aromatic heterocycles. The maximum Gasteiger partial charge on any atom is 0.284 e. The van der Waals surface area contributed by atoms with Crippen LogP contribution in [0.15, 0.2) is 41.5 Å². The summed E-state index contributed by atoms with van der Waals surface area (Å²) in [4.78, 5) is 12.2. The fourth-order valence-electron chi connectivity index (χ4n) is 2.51. The van der Waals surface area contributed by atoms with Gasteiger partial charge in [-0.2, -0.15) is 5.10 Å². The zero-order chi connectivity index (χ0) is 17.1. The molecule has 1 aliphatic heterocycles. The van der Waals surface area contributed by atoms with Crippen LogP contribution in [0.4, 0.5) is 0 Å². The molecule has 0 bridgehead atoms. The van der Waals surface area contributed by atoms with Crippen molar-refractivity contribution in [2.24, 2.45) is 5.10 Å². The average molecular weight is 324 g/mol. The molecule has 0 aliphatic carbocycles. The first-order valence-electron chi connectivity index (χ1n) is 7.84. The summed E-state index contributed by atoms with van der Waals surface area (Å²) in [6, 6.07) is 11.4. The van der Waals surface area contributed by atoms with Gasteiger partial charge in [0.25, 0.3) is 5.91 Å². The minimum Gasteiger partial charge on any atom is -0.485 e. The molecule has 1 aliphatic rings. The summed E-state index contributed by atoms with van der Waals surface area (Å²) >= 11 is 0. The molecule has 24 heavy (non-hydrogen) atoms. The second-order valence-corrected chi connectivity index (χ2v) is 5.89. The lowest BCUT2D eigenvalue weighted by Gasteiger charge is -2.24. The van der Waals surface area contributed by atoms with Crippen LogP contribution in [0, 0.1) is 20.8 Å². The van der Waals surface area contributed by atoms with Crippen LogP contribution >= 0.6 is 0 Å².